The van der Waals surface area contributed by atoms with Crippen LogP contribution in [0.1, 0.15) is 16.8 Å². The zero-order valence-corrected chi connectivity index (χ0v) is 15.2. The maximum atomic E-state index is 12.3. The SMILES string of the molecule is COc1ccc(-n2cc(-c3ccc(C(=O)N[C@H]4CCOC4=O)cc3)nn2)cc1. The highest BCUT2D eigenvalue weighted by Gasteiger charge is 2.28. The average molecular weight is 378 g/mol. The Balaban J connectivity index is 1.47. The molecule has 2 aromatic carbocycles. The van der Waals surface area contributed by atoms with Crippen LogP contribution in [-0.2, 0) is 9.53 Å². The number of nitrogens with one attached hydrogen (secondary N) is 1. The summed E-state index contributed by atoms with van der Waals surface area (Å²) < 4.78 is 11.7. The molecule has 1 aliphatic rings. The number of cyclic esters (lactones) is 1. The summed E-state index contributed by atoms with van der Waals surface area (Å²) in [7, 11) is 1.62. The average Bonchev–Trinajstić information content (AvgIpc) is 3.38. The Bertz CT molecular complexity index is 996. The van der Waals surface area contributed by atoms with Crippen LogP contribution in [0.3, 0.4) is 0 Å². The normalized spacial score (nSPS) is 15.9. The summed E-state index contributed by atoms with van der Waals surface area (Å²) in [6, 6.07) is 13.9. The minimum atomic E-state index is -0.573. The largest absolute Gasteiger partial charge is 0.497 e. The first-order valence-electron chi connectivity index (χ1n) is 8.79. The number of benzene rings is 2. The van der Waals surface area contributed by atoms with E-state index in [4.69, 9.17) is 9.47 Å². The molecule has 2 heterocycles. The first-order chi connectivity index (χ1) is 13.6. The van der Waals surface area contributed by atoms with Crippen molar-refractivity contribution in [2.45, 2.75) is 12.5 Å². The number of hydrogen-bond acceptors (Lipinski definition) is 6. The molecule has 1 N–H and O–H groups in total. The third-order valence-corrected chi connectivity index (χ3v) is 4.51. The van der Waals surface area contributed by atoms with Crippen LogP contribution < -0.4 is 10.1 Å². The quantitative estimate of drug-likeness (QED) is 0.682. The van der Waals surface area contributed by atoms with Crippen molar-refractivity contribution in [3.05, 3.63) is 60.3 Å². The minimum Gasteiger partial charge on any atom is -0.497 e. The maximum absolute atomic E-state index is 12.3. The van der Waals surface area contributed by atoms with E-state index in [0.717, 1.165) is 17.0 Å². The van der Waals surface area contributed by atoms with E-state index in [1.54, 1.807) is 36.1 Å². The number of carbonyl (C=O) groups is 2. The van der Waals surface area contributed by atoms with Gasteiger partial charge in [-0.2, -0.15) is 0 Å². The third kappa shape index (κ3) is 3.57. The molecule has 1 aliphatic heterocycles. The zero-order valence-electron chi connectivity index (χ0n) is 15.2. The van der Waals surface area contributed by atoms with Crippen LogP contribution in [0.25, 0.3) is 16.9 Å². The van der Waals surface area contributed by atoms with Crippen molar-refractivity contribution in [2.24, 2.45) is 0 Å². The van der Waals surface area contributed by atoms with Gasteiger partial charge in [0.1, 0.15) is 17.5 Å². The number of methoxy groups -OCH3 is 1. The predicted octanol–water partition coefficient (Wildman–Crippen LogP) is 1.99. The molecule has 1 amide bonds. The summed E-state index contributed by atoms with van der Waals surface area (Å²) >= 11 is 0. The van der Waals surface area contributed by atoms with Gasteiger partial charge in [0.15, 0.2) is 0 Å². The van der Waals surface area contributed by atoms with Crippen LogP contribution in [0.15, 0.2) is 54.7 Å². The standard InChI is InChI=1S/C20H18N4O4/c1-27-16-8-6-15(7-9-16)24-12-18(22-23-24)13-2-4-14(5-3-13)19(25)21-17-10-11-28-20(17)26/h2-9,12,17H,10-11H2,1H3,(H,21,25)/t17-/m0/s1. The number of rotatable bonds is 5. The van der Waals surface area contributed by atoms with Crippen LogP contribution >= 0.6 is 0 Å². The van der Waals surface area contributed by atoms with Gasteiger partial charge < -0.3 is 14.8 Å². The molecule has 28 heavy (non-hydrogen) atoms. The first-order valence-corrected chi connectivity index (χ1v) is 8.79. The fraction of sp³-hybridized carbons (Fsp3) is 0.200. The van der Waals surface area contributed by atoms with Gasteiger partial charge in [0.2, 0.25) is 0 Å². The molecule has 0 saturated carbocycles. The van der Waals surface area contributed by atoms with E-state index in [1.165, 1.54) is 0 Å². The summed E-state index contributed by atoms with van der Waals surface area (Å²) in [4.78, 5) is 23.7. The summed E-state index contributed by atoms with van der Waals surface area (Å²) in [6.45, 7) is 0.340. The van der Waals surface area contributed by atoms with Crippen LogP contribution in [0.5, 0.6) is 5.75 Å². The Morgan fingerprint density at radius 1 is 1.18 bits per heavy atom. The van der Waals surface area contributed by atoms with Crippen molar-refractivity contribution in [1.29, 1.82) is 0 Å². The van der Waals surface area contributed by atoms with E-state index in [0.29, 0.717) is 24.3 Å². The summed E-state index contributed by atoms with van der Waals surface area (Å²) in [5.74, 6) is 0.0706. The Labute approximate surface area is 161 Å². The number of nitrogens with zero attached hydrogens (tertiary/aromatic N) is 3. The number of aromatic nitrogens is 3. The zero-order chi connectivity index (χ0) is 19.5. The second-order valence-electron chi connectivity index (χ2n) is 6.31. The fourth-order valence-electron chi connectivity index (χ4n) is 2.92. The highest BCUT2D eigenvalue weighted by atomic mass is 16.5. The second-order valence-corrected chi connectivity index (χ2v) is 6.31. The lowest BCUT2D eigenvalue weighted by Crippen LogP contribution is -2.37. The van der Waals surface area contributed by atoms with Crippen LogP contribution in [0, 0.1) is 0 Å². The Kier molecular flexibility index (Phi) is 4.76. The van der Waals surface area contributed by atoms with E-state index < -0.39 is 6.04 Å². The lowest BCUT2D eigenvalue weighted by Gasteiger charge is -2.09. The second kappa shape index (κ2) is 7.51. The lowest BCUT2D eigenvalue weighted by molar-refractivity contribution is -0.139. The van der Waals surface area contributed by atoms with Crippen LogP contribution in [0.2, 0.25) is 0 Å². The molecule has 1 fully saturated rings. The molecule has 4 rings (SSSR count). The van der Waals surface area contributed by atoms with Gasteiger partial charge in [-0.1, -0.05) is 17.3 Å². The van der Waals surface area contributed by atoms with Crippen molar-refractivity contribution in [3.63, 3.8) is 0 Å². The first kappa shape index (κ1) is 17.7. The summed E-state index contributed by atoms with van der Waals surface area (Å²) in [5, 5.41) is 11.0. The van der Waals surface area contributed by atoms with Crippen molar-refractivity contribution < 1.29 is 19.1 Å². The van der Waals surface area contributed by atoms with Gasteiger partial charge in [-0.15, -0.1) is 5.10 Å². The number of amides is 1. The molecule has 0 aliphatic carbocycles. The molecule has 0 unspecified atom stereocenters. The summed E-state index contributed by atoms with van der Waals surface area (Å²) in [5.41, 5.74) is 2.84. The third-order valence-electron chi connectivity index (χ3n) is 4.51. The van der Waals surface area contributed by atoms with E-state index in [-0.39, 0.29) is 11.9 Å². The van der Waals surface area contributed by atoms with Gasteiger partial charge in [0.25, 0.3) is 5.91 Å². The Hall–Kier alpha value is -3.68. The molecule has 1 saturated heterocycles. The van der Waals surface area contributed by atoms with Crippen LogP contribution in [-0.4, -0.2) is 46.6 Å². The van der Waals surface area contributed by atoms with E-state index in [1.807, 2.05) is 30.5 Å². The topological polar surface area (TPSA) is 95.3 Å². The van der Waals surface area contributed by atoms with Crippen LogP contribution in [0.4, 0.5) is 0 Å². The molecular weight excluding hydrogens is 360 g/mol. The maximum Gasteiger partial charge on any atom is 0.328 e. The fourth-order valence-corrected chi connectivity index (χ4v) is 2.92. The predicted molar refractivity (Wildman–Crippen MR) is 100 cm³/mol. The number of hydrogen-bond donors (Lipinski definition) is 1. The van der Waals surface area contributed by atoms with Crippen molar-refractivity contribution in [1.82, 2.24) is 20.3 Å². The van der Waals surface area contributed by atoms with Crippen molar-refractivity contribution in [2.75, 3.05) is 13.7 Å². The lowest BCUT2D eigenvalue weighted by atomic mass is 10.1. The van der Waals surface area contributed by atoms with E-state index >= 15 is 0 Å². The molecule has 8 nitrogen and oxygen atoms in total. The van der Waals surface area contributed by atoms with Crippen molar-refractivity contribution >= 4 is 11.9 Å². The van der Waals surface area contributed by atoms with Gasteiger partial charge in [0, 0.05) is 17.5 Å². The van der Waals surface area contributed by atoms with Gasteiger partial charge in [-0.25, -0.2) is 9.48 Å². The minimum absolute atomic E-state index is 0.308. The van der Waals surface area contributed by atoms with E-state index in [2.05, 4.69) is 15.6 Å². The number of ether oxygens (including phenoxy) is 2. The highest BCUT2D eigenvalue weighted by Crippen LogP contribution is 2.20. The Morgan fingerprint density at radius 2 is 1.93 bits per heavy atom. The molecule has 0 radical (unpaired) electrons. The van der Waals surface area contributed by atoms with Gasteiger partial charge in [0.05, 0.1) is 25.6 Å². The molecule has 142 valence electrons. The molecule has 1 aromatic heterocycles. The van der Waals surface area contributed by atoms with Gasteiger partial charge in [-0.05, 0) is 36.4 Å². The summed E-state index contributed by atoms with van der Waals surface area (Å²) in [6.07, 6.45) is 2.31. The molecular formula is C20H18N4O4. The molecule has 0 spiro atoms. The van der Waals surface area contributed by atoms with Crippen molar-refractivity contribution in [3.8, 4) is 22.7 Å². The highest BCUT2D eigenvalue weighted by molar-refractivity contribution is 5.97. The molecule has 1 atom stereocenters. The number of carbonyl (C=O) groups excluding carboxylic acids is 2. The van der Waals surface area contributed by atoms with Gasteiger partial charge in [-0.3, -0.25) is 4.79 Å². The van der Waals surface area contributed by atoms with E-state index in [9.17, 15) is 9.59 Å². The molecule has 3 aromatic rings. The monoisotopic (exact) mass is 378 g/mol. The molecule has 0 bridgehead atoms. The number of esters is 1. The molecule has 8 heteroatoms. The van der Waals surface area contributed by atoms with Gasteiger partial charge >= 0.3 is 5.97 Å². The Morgan fingerprint density at radius 3 is 2.57 bits per heavy atom. The smallest absolute Gasteiger partial charge is 0.328 e.